The van der Waals surface area contributed by atoms with Crippen LogP contribution in [0.3, 0.4) is 0 Å². The van der Waals surface area contributed by atoms with Crippen LogP contribution in [0.4, 0.5) is 10.1 Å². The van der Waals surface area contributed by atoms with E-state index in [9.17, 15) is 34.3 Å². The molecule has 1 heterocycles. The molecule has 0 saturated heterocycles. The first-order valence-electron chi connectivity index (χ1n) is 6.75. The number of aliphatic carboxylic acids is 2. The Morgan fingerprint density at radius 2 is 1.92 bits per heavy atom. The van der Waals surface area contributed by atoms with Crippen LogP contribution in [-0.2, 0) is 9.59 Å². The van der Waals surface area contributed by atoms with Crippen LogP contribution in [0.1, 0.15) is 18.4 Å². The minimum atomic E-state index is -1.50. The number of nitro groups is 1. The predicted molar refractivity (Wildman–Crippen MR) is 79.9 cm³/mol. The smallest absolute Gasteiger partial charge is 0.334 e. The van der Waals surface area contributed by atoms with Crippen LogP contribution in [0, 0.1) is 10.1 Å². The van der Waals surface area contributed by atoms with Crippen LogP contribution in [0.15, 0.2) is 46.8 Å². The molecule has 1 atom stereocenters. The van der Waals surface area contributed by atoms with Gasteiger partial charge < -0.3 is 15.5 Å². The van der Waals surface area contributed by atoms with E-state index in [2.05, 4.69) is 5.32 Å². The number of non-ortho nitro benzene ring substituents is 1. The van der Waals surface area contributed by atoms with Crippen molar-refractivity contribution in [3.05, 3.63) is 62.5 Å². The Morgan fingerprint density at radius 1 is 1.29 bits per heavy atom. The summed E-state index contributed by atoms with van der Waals surface area (Å²) in [5, 5.41) is 32.2. The third-order valence-corrected chi connectivity index (χ3v) is 3.65. The molecule has 0 saturated carbocycles. The summed E-state index contributed by atoms with van der Waals surface area (Å²) >= 11 is 0. The quantitative estimate of drug-likeness (QED) is 0.553. The highest BCUT2D eigenvalue weighted by Gasteiger charge is 2.37. The Hall–Kier alpha value is -3.23. The Morgan fingerprint density at radius 3 is 2.42 bits per heavy atom. The van der Waals surface area contributed by atoms with Crippen molar-refractivity contribution in [2.45, 2.75) is 12.8 Å². The molecule has 0 amide bonds. The second-order valence-electron chi connectivity index (χ2n) is 5.08. The summed E-state index contributed by atoms with van der Waals surface area (Å²) in [5.74, 6) is -4.22. The lowest BCUT2D eigenvalue weighted by Crippen LogP contribution is -2.32. The predicted octanol–water partition coefficient (Wildman–Crippen LogP) is 1.95. The molecular weight excluding hydrogens is 323 g/mol. The average molecular weight is 336 g/mol. The number of halogens is 1. The molecular formula is C15H13FN2O6. The summed E-state index contributed by atoms with van der Waals surface area (Å²) in [7, 11) is 0. The standard InChI is InChI=1S/C15H13FN2O6/c1-7-11(14(19)20)12(13(15(21)22)10(6-16)17-7)8-3-2-4-9(5-8)18(23)24/h2-5,12,17H,6H2,1H3,(H,19,20)(H,21,22). The van der Waals surface area contributed by atoms with Crippen LogP contribution in [-0.4, -0.2) is 33.7 Å². The van der Waals surface area contributed by atoms with Gasteiger partial charge in [-0.2, -0.15) is 0 Å². The highest BCUT2D eigenvalue weighted by molar-refractivity contribution is 5.98. The average Bonchev–Trinajstić information content (AvgIpc) is 2.52. The van der Waals surface area contributed by atoms with E-state index in [0.29, 0.717) is 0 Å². The number of alkyl halides is 1. The molecule has 24 heavy (non-hydrogen) atoms. The van der Waals surface area contributed by atoms with Crippen LogP contribution < -0.4 is 5.32 Å². The number of hydrogen-bond donors (Lipinski definition) is 3. The number of carboxylic acids is 2. The van der Waals surface area contributed by atoms with Gasteiger partial charge in [0.15, 0.2) is 0 Å². The maximum absolute atomic E-state index is 13.2. The number of carboxylic acid groups (broad SMARTS) is 2. The zero-order valence-electron chi connectivity index (χ0n) is 12.4. The summed E-state index contributed by atoms with van der Waals surface area (Å²) in [6.07, 6.45) is 0. The molecule has 2 rings (SSSR count). The minimum Gasteiger partial charge on any atom is -0.478 e. The molecule has 0 bridgehead atoms. The van der Waals surface area contributed by atoms with Gasteiger partial charge in [-0.3, -0.25) is 10.1 Å². The maximum Gasteiger partial charge on any atom is 0.334 e. The molecule has 0 aromatic heterocycles. The zero-order valence-corrected chi connectivity index (χ0v) is 12.4. The first-order valence-corrected chi connectivity index (χ1v) is 6.75. The number of allylic oxidation sites excluding steroid dienone is 2. The van der Waals surface area contributed by atoms with Crippen LogP contribution in [0.25, 0.3) is 0 Å². The van der Waals surface area contributed by atoms with E-state index in [1.54, 1.807) is 0 Å². The SMILES string of the molecule is CC1=C(C(=O)O)C(c2cccc([N+](=O)[O-])c2)C(C(=O)O)=C(CF)N1. The first-order chi connectivity index (χ1) is 11.3. The van der Waals surface area contributed by atoms with E-state index in [1.807, 2.05) is 0 Å². The molecule has 126 valence electrons. The first kappa shape index (κ1) is 17.1. The molecule has 8 nitrogen and oxygen atoms in total. The molecule has 1 aromatic rings. The lowest BCUT2D eigenvalue weighted by Gasteiger charge is -2.28. The van der Waals surface area contributed by atoms with Gasteiger partial charge in [0, 0.05) is 17.8 Å². The summed E-state index contributed by atoms with van der Waals surface area (Å²) < 4.78 is 13.2. The minimum absolute atomic E-state index is 0.0802. The molecule has 0 radical (unpaired) electrons. The molecule has 1 aliphatic rings. The van der Waals surface area contributed by atoms with Crippen LogP contribution in [0.5, 0.6) is 0 Å². The van der Waals surface area contributed by atoms with Crippen molar-refractivity contribution in [1.29, 1.82) is 0 Å². The van der Waals surface area contributed by atoms with Gasteiger partial charge in [0.05, 0.1) is 27.7 Å². The lowest BCUT2D eigenvalue weighted by atomic mass is 9.80. The Balaban J connectivity index is 2.75. The van der Waals surface area contributed by atoms with Crippen molar-refractivity contribution in [3.8, 4) is 0 Å². The molecule has 1 aliphatic heterocycles. The molecule has 0 fully saturated rings. The van der Waals surface area contributed by atoms with Crippen molar-refractivity contribution < 1.29 is 29.1 Å². The number of hydrogen-bond acceptors (Lipinski definition) is 5. The third kappa shape index (κ3) is 2.96. The number of rotatable bonds is 5. The molecule has 1 unspecified atom stereocenters. The van der Waals surface area contributed by atoms with Crippen molar-refractivity contribution in [3.63, 3.8) is 0 Å². The van der Waals surface area contributed by atoms with Crippen LogP contribution in [0.2, 0.25) is 0 Å². The highest BCUT2D eigenvalue weighted by atomic mass is 19.1. The molecule has 3 N–H and O–H groups in total. The number of nitrogens with zero attached hydrogens (tertiary/aromatic N) is 1. The van der Waals surface area contributed by atoms with Gasteiger partial charge in [0.2, 0.25) is 0 Å². The molecule has 0 spiro atoms. The second-order valence-corrected chi connectivity index (χ2v) is 5.08. The van der Waals surface area contributed by atoms with E-state index >= 15 is 0 Å². The van der Waals surface area contributed by atoms with Crippen molar-refractivity contribution >= 4 is 17.6 Å². The fourth-order valence-corrected chi connectivity index (χ4v) is 2.69. The van der Waals surface area contributed by atoms with E-state index in [1.165, 1.54) is 25.1 Å². The monoisotopic (exact) mass is 336 g/mol. The van der Waals surface area contributed by atoms with Gasteiger partial charge in [-0.15, -0.1) is 0 Å². The molecule has 9 heteroatoms. The van der Waals surface area contributed by atoms with E-state index in [4.69, 9.17) is 0 Å². The molecule has 0 aliphatic carbocycles. The third-order valence-electron chi connectivity index (χ3n) is 3.65. The van der Waals surface area contributed by atoms with E-state index in [-0.39, 0.29) is 28.2 Å². The Kier molecular flexibility index (Phi) is 4.63. The Bertz CT molecular complexity index is 799. The lowest BCUT2D eigenvalue weighted by molar-refractivity contribution is -0.384. The van der Waals surface area contributed by atoms with Gasteiger partial charge in [0.1, 0.15) is 6.67 Å². The fourth-order valence-electron chi connectivity index (χ4n) is 2.69. The summed E-state index contributed by atoms with van der Waals surface area (Å²) in [5.41, 5.74) is -1.21. The fraction of sp³-hybridized carbons (Fsp3) is 0.200. The van der Waals surface area contributed by atoms with Gasteiger partial charge >= 0.3 is 11.9 Å². The second kappa shape index (κ2) is 6.49. The van der Waals surface area contributed by atoms with Gasteiger partial charge in [-0.25, -0.2) is 14.0 Å². The zero-order chi connectivity index (χ0) is 18.0. The number of dihydropyridines is 1. The largest absolute Gasteiger partial charge is 0.478 e. The number of benzene rings is 1. The van der Waals surface area contributed by atoms with Gasteiger partial charge in [-0.1, -0.05) is 12.1 Å². The number of carbonyl (C=O) groups is 2. The van der Waals surface area contributed by atoms with Crippen molar-refractivity contribution in [2.75, 3.05) is 6.67 Å². The normalized spacial score (nSPS) is 17.5. The van der Waals surface area contributed by atoms with E-state index in [0.717, 1.165) is 6.07 Å². The van der Waals surface area contributed by atoms with Crippen LogP contribution >= 0.6 is 0 Å². The summed E-state index contributed by atoms with van der Waals surface area (Å²) in [6, 6.07) is 4.98. The highest BCUT2D eigenvalue weighted by Crippen LogP contribution is 2.39. The summed E-state index contributed by atoms with van der Waals surface area (Å²) in [6.45, 7) is 0.236. The van der Waals surface area contributed by atoms with Crippen molar-refractivity contribution in [1.82, 2.24) is 5.32 Å². The number of nitrogens with one attached hydrogen (secondary N) is 1. The topological polar surface area (TPSA) is 130 Å². The van der Waals surface area contributed by atoms with Gasteiger partial charge in [0.25, 0.3) is 5.69 Å². The molecule has 1 aromatic carbocycles. The van der Waals surface area contributed by atoms with Crippen molar-refractivity contribution in [2.24, 2.45) is 0 Å². The summed E-state index contributed by atoms with van der Waals surface area (Å²) in [4.78, 5) is 33.4. The van der Waals surface area contributed by atoms with Gasteiger partial charge in [-0.05, 0) is 12.5 Å². The van der Waals surface area contributed by atoms with E-state index < -0.39 is 35.0 Å². The number of nitro benzene ring substituents is 1. The maximum atomic E-state index is 13.2. The Labute approximate surface area is 135 Å².